The number of hydrogen-bond donors (Lipinski definition) is 0. The monoisotopic (exact) mass is 288 g/mol. The van der Waals surface area contributed by atoms with E-state index in [4.69, 9.17) is 9.15 Å². The first kappa shape index (κ1) is 13.5. The molecule has 1 aliphatic rings. The quantitative estimate of drug-likeness (QED) is 0.851. The Bertz CT molecular complexity index is 712. The number of aromatic nitrogens is 1. The van der Waals surface area contributed by atoms with Gasteiger partial charge in [0.15, 0.2) is 0 Å². The molecule has 3 rings (SSSR count). The Morgan fingerprint density at radius 2 is 2.14 bits per heavy atom. The molecule has 2 aromatic rings. The summed E-state index contributed by atoms with van der Waals surface area (Å²) in [6.07, 6.45) is 2.83. The van der Waals surface area contributed by atoms with E-state index in [1.807, 2.05) is 13.0 Å². The lowest BCUT2D eigenvalue weighted by atomic mass is 10.1. The van der Waals surface area contributed by atoms with E-state index >= 15 is 0 Å². The van der Waals surface area contributed by atoms with Crippen LogP contribution in [0.3, 0.4) is 0 Å². The fourth-order valence-electron chi connectivity index (χ4n) is 2.24. The van der Waals surface area contributed by atoms with Gasteiger partial charge in [-0.3, -0.25) is 9.59 Å². The number of rotatable bonds is 3. The van der Waals surface area contributed by atoms with Crippen LogP contribution in [0.5, 0.6) is 5.75 Å². The Hall–Kier alpha value is -2.50. The summed E-state index contributed by atoms with van der Waals surface area (Å²) in [6.45, 7) is 2.88. The summed E-state index contributed by atoms with van der Waals surface area (Å²) >= 11 is 0. The number of carbonyl (C=O) groups excluding carboxylic acids is 1. The Kier molecular flexibility index (Phi) is 3.29. The lowest BCUT2D eigenvalue weighted by Gasteiger charge is -2.38. The van der Waals surface area contributed by atoms with E-state index in [-0.39, 0.29) is 17.6 Å². The van der Waals surface area contributed by atoms with Crippen molar-refractivity contribution in [1.82, 2.24) is 9.47 Å². The van der Waals surface area contributed by atoms with Crippen LogP contribution in [0, 0.1) is 6.92 Å². The molecule has 0 saturated carbocycles. The summed E-state index contributed by atoms with van der Waals surface area (Å²) < 4.78 is 12.2. The van der Waals surface area contributed by atoms with Gasteiger partial charge in [-0.1, -0.05) is 0 Å². The van der Waals surface area contributed by atoms with Crippen LogP contribution in [-0.2, 0) is 7.05 Å². The molecule has 110 valence electrons. The van der Waals surface area contributed by atoms with Crippen molar-refractivity contribution in [1.29, 1.82) is 0 Å². The number of furan rings is 1. The molecule has 0 radical (unpaired) electrons. The Balaban J connectivity index is 1.60. The van der Waals surface area contributed by atoms with Crippen molar-refractivity contribution in [2.45, 2.75) is 13.0 Å². The summed E-state index contributed by atoms with van der Waals surface area (Å²) in [4.78, 5) is 25.4. The molecular formula is C15H16N2O4. The normalized spacial score (nSPS) is 14.9. The van der Waals surface area contributed by atoms with Gasteiger partial charge >= 0.3 is 0 Å². The highest BCUT2D eigenvalue weighted by atomic mass is 16.5. The van der Waals surface area contributed by atoms with Gasteiger partial charge in [-0.05, 0) is 19.1 Å². The minimum Gasteiger partial charge on any atom is -0.486 e. The van der Waals surface area contributed by atoms with Crippen LogP contribution in [0.25, 0.3) is 0 Å². The van der Waals surface area contributed by atoms with Gasteiger partial charge in [0.05, 0.1) is 24.9 Å². The highest BCUT2D eigenvalue weighted by Gasteiger charge is 2.33. The highest BCUT2D eigenvalue weighted by Crippen LogP contribution is 2.19. The van der Waals surface area contributed by atoms with E-state index in [9.17, 15) is 9.59 Å². The van der Waals surface area contributed by atoms with Crippen molar-refractivity contribution in [3.63, 3.8) is 0 Å². The molecule has 0 aromatic carbocycles. The molecule has 6 nitrogen and oxygen atoms in total. The standard InChI is InChI=1S/C15H16N2O4/c1-10-5-12(6-14(18)16(10)2)21-13-7-17(8-13)15(19)11-3-4-20-9-11/h3-6,9,13H,7-8H2,1-2H3. The molecule has 0 bridgehead atoms. The largest absolute Gasteiger partial charge is 0.486 e. The Morgan fingerprint density at radius 3 is 2.76 bits per heavy atom. The number of aryl methyl sites for hydroxylation is 1. The smallest absolute Gasteiger partial charge is 0.257 e. The van der Waals surface area contributed by atoms with Crippen LogP contribution in [0.4, 0.5) is 0 Å². The van der Waals surface area contributed by atoms with Gasteiger partial charge in [-0.25, -0.2) is 0 Å². The minimum absolute atomic E-state index is 0.0660. The molecule has 0 unspecified atom stereocenters. The van der Waals surface area contributed by atoms with Gasteiger partial charge < -0.3 is 18.6 Å². The molecule has 0 atom stereocenters. The first-order valence-corrected chi connectivity index (χ1v) is 6.70. The molecule has 0 N–H and O–H groups in total. The fraction of sp³-hybridized carbons (Fsp3) is 0.333. The molecular weight excluding hydrogens is 272 g/mol. The first-order valence-electron chi connectivity index (χ1n) is 6.70. The van der Waals surface area contributed by atoms with Crippen molar-refractivity contribution in [3.8, 4) is 5.75 Å². The molecule has 6 heteroatoms. The van der Waals surface area contributed by atoms with Crippen molar-refractivity contribution in [2.75, 3.05) is 13.1 Å². The van der Waals surface area contributed by atoms with Crippen LogP contribution in [0.2, 0.25) is 0 Å². The maximum absolute atomic E-state index is 12.0. The molecule has 1 fully saturated rings. The lowest BCUT2D eigenvalue weighted by molar-refractivity contribution is 0.0176. The second kappa shape index (κ2) is 5.12. The second-order valence-corrected chi connectivity index (χ2v) is 5.19. The number of hydrogen-bond acceptors (Lipinski definition) is 4. The van der Waals surface area contributed by atoms with Crippen molar-refractivity contribution in [2.24, 2.45) is 7.05 Å². The maximum atomic E-state index is 12.0. The van der Waals surface area contributed by atoms with E-state index in [1.54, 1.807) is 22.6 Å². The SMILES string of the molecule is Cc1cc(OC2CN(C(=O)c3ccoc3)C2)cc(=O)n1C. The number of pyridine rings is 1. The number of ether oxygens (including phenoxy) is 1. The average Bonchev–Trinajstić information content (AvgIpc) is 2.93. The fourth-order valence-corrected chi connectivity index (χ4v) is 2.24. The summed E-state index contributed by atoms with van der Waals surface area (Å²) in [5.41, 5.74) is 1.27. The van der Waals surface area contributed by atoms with Gasteiger partial charge in [0, 0.05) is 18.8 Å². The molecule has 2 aromatic heterocycles. The third-order valence-electron chi connectivity index (χ3n) is 3.68. The van der Waals surface area contributed by atoms with Crippen LogP contribution in [0.15, 0.2) is 39.9 Å². The summed E-state index contributed by atoms with van der Waals surface area (Å²) in [5.74, 6) is 0.486. The summed E-state index contributed by atoms with van der Waals surface area (Å²) in [7, 11) is 1.72. The third kappa shape index (κ3) is 2.56. The molecule has 0 aliphatic carbocycles. The Morgan fingerprint density at radius 1 is 1.38 bits per heavy atom. The molecule has 1 saturated heterocycles. The van der Waals surface area contributed by atoms with E-state index in [1.165, 1.54) is 18.6 Å². The first-order chi connectivity index (χ1) is 10.0. The van der Waals surface area contributed by atoms with Gasteiger partial charge in [0.25, 0.3) is 11.5 Å². The summed E-state index contributed by atoms with van der Waals surface area (Å²) in [6, 6.07) is 4.93. The molecule has 3 heterocycles. The predicted octanol–water partition coefficient (Wildman–Crippen LogP) is 1.19. The van der Waals surface area contributed by atoms with Crippen LogP contribution in [0.1, 0.15) is 16.1 Å². The van der Waals surface area contributed by atoms with Gasteiger partial charge in [-0.15, -0.1) is 0 Å². The van der Waals surface area contributed by atoms with Crippen LogP contribution >= 0.6 is 0 Å². The van der Waals surface area contributed by atoms with Crippen LogP contribution < -0.4 is 10.3 Å². The van der Waals surface area contributed by atoms with Gasteiger partial charge in [0.1, 0.15) is 18.1 Å². The van der Waals surface area contributed by atoms with Gasteiger partial charge in [-0.2, -0.15) is 0 Å². The van der Waals surface area contributed by atoms with E-state index in [2.05, 4.69) is 0 Å². The molecule has 0 spiro atoms. The van der Waals surface area contributed by atoms with Crippen molar-refractivity contribution >= 4 is 5.91 Å². The van der Waals surface area contributed by atoms with E-state index in [0.717, 1.165) is 5.69 Å². The number of amides is 1. The summed E-state index contributed by atoms with van der Waals surface area (Å²) in [5, 5.41) is 0. The second-order valence-electron chi connectivity index (χ2n) is 5.19. The topological polar surface area (TPSA) is 64.7 Å². The zero-order valence-corrected chi connectivity index (χ0v) is 11.9. The number of nitrogens with zero attached hydrogens (tertiary/aromatic N) is 2. The molecule has 1 amide bonds. The van der Waals surface area contributed by atoms with E-state index < -0.39 is 0 Å². The Labute approximate surface area is 121 Å². The predicted molar refractivity (Wildman–Crippen MR) is 75.4 cm³/mol. The maximum Gasteiger partial charge on any atom is 0.257 e. The number of carbonyl (C=O) groups is 1. The average molecular weight is 288 g/mol. The lowest BCUT2D eigenvalue weighted by Crippen LogP contribution is -2.56. The zero-order chi connectivity index (χ0) is 15.0. The molecule has 1 aliphatic heterocycles. The number of likely N-dealkylation sites (tertiary alicyclic amines) is 1. The zero-order valence-electron chi connectivity index (χ0n) is 11.9. The van der Waals surface area contributed by atoms with Crippen molar-refractivity contribution < 1.29 is 13.9 Å². The van der Waals surface area contributed by atoms with Crippen molar-refractivity contribution in [3.05, 3.63) is 52.3 Å². The third-order valence-corrected chi connectivity index (χ3v) is 3.68. The van der Waals surface area contributed by atoms with Gasteiger partial charge in [0.2, 0.25) is 0 Å². The minimum atomic E-state index is -0.101. The molecule has 21 heavy (non-hydrogen) atoms. The van der Waals surface area contributed by atoms with E-state index in [0.29, 0.717) is 24.4 Å². The highest BCUT2D eigenvalue weighted by molar-refractivity contribution is 5.94. The van der Waals surface area contributed by atoms with Crippen LogP contribution in [-0.4, -0.2) is 34.6 Å².